The van der Waals surface area contributed by atoms with Crippen LogP contribution in [0.2, 0.25) is 0 Å². The summed E-state index contributed by atoms with van der Waals surface area (Å²) in [5.41, 5.74) is 3.61. The van der Waals surface area contributed by atoms with Crippen LogP contribution in [0, 0.1) is 12.3 Å². The summed E-state index contributed by atoms with van der Waals surface area (Å²) >= 11 is 3.42. The Bertz CT molecular complexity index is 1780. The Kier molecular flexibility index (Phi) is 6.27. The molecule has 1 N–H and O–H groups in total. The van der Waals surface area contributed by atoms with Gasteiger partial charge in [0.2, 0.25) is 11.8 Å². The molecule has 2 amide bonds. The number of carbonyl (C=O) groups excluding carboxylic acids is 3. The number of Topliss-reactive ketones (excluding diaryl/α,β-unsaturated/α-hetero) is 1. The minimum Gasteiger partial charge on any atom is -0.325 e. The Hall–Kier alpha value is -3.99. The van der Waals surface area contributed by atoms with Crippen molar-refractivity contribution in [2.75, 3.05) is 5.32 Å². The number of nitrogens with zero attached hydrogens (tertiary/aromatic N) is 6. The number of hydrogen-bond donors (Lipinski definition) is 1. The molecule has 4 heterocycles. The predicted octanol–water partition coefficient (Wildman–Crippen LogP) is 5.06. The van der Waals surface area contributed by atoms with E-state index in [1.54, 1.807) is 22.0 Å². The number of fused-ring (bicyclic) bond motifs is 2. The summed E-state index contributed by atoms with van der Waals surface area (Å²) in [7, 11) is 0. The monoisotopic (exact) mass is 627 g/mol. The lowest BCUT2D eigenvalue weighted by Crippen LogP contribution is -2.47. The van der Waals surface area contributed by atoms with Crippen LogP contribution in [0.1, 0.15) is 67.3 Å². The Morgan fingerprint density at radius 2 is 1.83 bits per heavy atom. The molecule has 11 heteroatoms. The number of amides is 2. The number of carbonyl (C=O) groups is 3. The van der Waals surface area contributed by atoms with Crippen molar-refractivity contribution in [3.05, 3.63) is 64.4 Å². The first kappa shape index (κ1) is 26.9. The van der Waals surface area contributed by atoms with E-state index in [2.05, 4.69) is 48.2 Å². The van der Waals surface area contributed by atoms with Gasteiger partial charge < -0.3 is 10.2 Å². The molecule has 4 aromatic rings. The van der Waals surface area contributed by atoms with Crippen LogP contribution < -0.4 is 5.32 Å². The third kappa shape index (κ3) is 4.69. The van der Waals surface area contributed by atoms with E-state index in [4.69, 9.17) is 0 Å². The lowest BCUT2D eigenvalue weighted by molar-refractivity contribution is -0.138. The molecule has 0 spiro atoms. The first-order chi connectivity index (χ1) is 20.1. The van der Waals surface area contributed by atoms with Gasteiger partial charge in [-0.05, 0) is 89.2 Å². The van der Waals surface area contributed by atoms with Gasteiger partial charge in [0.1, 0.15) is 34.5 Å². The highest BCUT2D eigenvalue weighted by molar-refractivity contribution is 9.10. The van der Waals surface area contributed by atoms with Crippen molar-refractivity contribution in [3.63, 3.8) is 0 Å². The highest BCUT2D eigenvalue weighted by atomic mass is 79.9. The molecule has 1 saturated heterocycles. The largest absolute Gasteiger partial charge is 0.325 e. The van der Waals surface area contributed by atoms with E-state index in [0.29, 0.717) is 45.2 Å². The zero-order valence-corrected chi connectivity index (χ0v) is 25.2. The van der Waals surface area contributed by atoms with Gasteiger partial charge in [0.15, 0.2) is 5.78 Å². The number of aryl methyl sites for hydroxylation is 1. The third-order valence-electron chi connectivity index (χ3n) is 8.86. The van der Waals surface area contributed by atoms with Gasteiger partial charge in [-0.1, -0.05) is 19.1 Å². The van der Waals surface area contributed by atoms with Crippen LogP contribution in [-0.2, 0) is 16.1 Å². The van der Waals surface area contributed by atoms with Crippen molar-refractivity contribution in [1.82, 2.24) is 29.6 Å². The molecule has 1 aromatic carbocycles. The summed E-state index contributed by atoms with van der Waals surface area (Å²) in [4.78, 5) is 55.0. The van der Waals surface area contributed by atoms with Gasteiger partial charge in [0.25, 0.3) is 0 Å². The van der Waals surface area contributed by atoms with Crippen LogP contribution in [0.3, 0.4) is 0 Å². The van der Waals surface area contributed by atoms with Crippen LogP contribution >= 0.6 is 15.9 Å². The summed E-state index contributed by atoms with van der Waals surface area (Å²) < 4.78 is 2.24. The molecule has 42 heavy (non-hydrogen) atoms. The maximum absolute atomic E-state index is 13.9. The number of hydrogen-bond acceptors (Lipinski definition) is 7. The van der Waals surface area contributed by atoms with Crippen LogP contribution in [-0.4, -0.2) is 59.3 Å². The van der Waals surface area contributed by atoms with E-state index in [1.807, 2.05) is 37.3 Å². The number of pyridine rings is 1. The van der Waals surface area contributed by atoms with Gasteiger partial charge >= 0.3 is 0 Å². The highest BCUT2D eigenvalue weighted by Crippen LogP contribution is 2.59. The lowest BCUT2D eigenvalue weighted by atomic mass is 10.0. The molecular formula is C31H30BrN7O3. The third-order valence-corrected chi connectivity index (χ3v) is 9.30. The van der Waals surface area contributed by atoms with Crippen molar-refractivity contribution in [2.24, 2.45) is 5.41 Å². The number of anilines is 1. The normalized spacial score (nSPS) is 22.7. The average Bonchev–Trinajstić information content (AvgIpc) is 3.85. The zero-order chi connectivity index (χ0) is 29.3. The van der Waals surface area contributed by atoms with Crippen LogP contribution in [0.15, 0.2) is 47.3 Å². The molecule has 0 radical (unpaired) electrons. The van der Waals surface area contributed by atoms with Gasteiger partial charge in [0.05, 0.1) is 5.52 Å². The number of piperidine rings is 1. The average molecular weight is 629 g/mol. The Labute approximate surface area is 251 Å². The van der Waals surface area contributed by atoms with Crippen molar-refractivity contribution in [3.8, 4) is 11.1 Å². The number of aromatic nitrogens is 5. The molecule has 214 valence electrons. The van der Waals surface area contributed by atoms with E-state index in [1.165, 1.54) is 6.92 Å². The van der Waals surface area contributed by atoms with Crippen molar-refractivity contribution in [2.45, 2.75) is 71.0 Å². The van der Waals surface area contributed by atoms with Gasteiger partial charge in [-0.25, -0.2) is 15.0 Å². The number of rotatable bonds is 7. The Morgan fingerprint density at radius 1 is 1.07 bits per heavy atom. The molecule has 1 unspecified atom stereocenters. The minimum absolute atomic E-state index is 0.00126. The van der Waals surface area contributed by atoms with Crippen molar-refractivity contribution < 1.29 is 14.4 Å². The number of likely N-dealkylation sites (tertiary alicyclic amines) is 1. The SMILES string of the molecule is CC(=O)c1nn(CC(=O)N2[C@H](C(=O)Nc3nc(Br)ccc3C3CC3)CC3(C)C[C@@H]23)c2ccc(-c3cnc(C)nc3)cc12. The van der Waals surface area contributed by atoms with Gasteiger partial charge in [-0.15, -0.1) is 0 Å². The molecule has 10 nitrogen and oxygen atoms in total. The predicted molar refractivity (Wildman–Crippen MR) is 160 cm³/mol. The summed E-state index contributed by atoms with van der Waals surface area (Å²) in [6, 6.07) is 8.97. The van der Waals surface area contributed by atoms with Crippen LogP contribution in [0.25, 0.3) is 22.0 Å². The zero-order valence-electron chi connectivity index (χ0n) is 23.6. The summed E-state index contributed by atoms with van der Waals surface area (Å²) in [6.45, 7) is 5.35. The van der Waals surface area contributed by atoms with E-state index < -0.39 is 6.04 Å². The minimum atomic E-state index is -0.601. The second-order valence-corrected chi connectivity index (χ2v) is 12.9. The highest BCUT2D eigenvalue weighted by Gasteiger charge is 2.64. The van der Waals surface area contributed by atoms with Gasteiger partial charge in [0, 0.05) is 36.3 Å². The summed E-state index contributed by atoms with van der Waals surface area (Å²) in [5, 5.41) is 8.27. The number of ketones is 1. The molecule has 0 bridgehead atoms. The second kappa shape index (κ2) is 9.79. The molecule has 2 aliphatic carbocycles. The Balaban J connectivity index is 1.17. The molecule has 3 aromatic heterocycles. The van der Waals surface area contributed by atoms with Crippen molar-refractivity contribution in [1.29, 1.82) is 0 Å². The van der Waals surface area contributed by atoms with E-state index in [9.17, 15) is 14.4 Å². The summed E-state index contributed by atoms with van der Waals surface area (Å²) in [5.74, 6) is 1.05. The smallest absolute Gasteiger partial charge is 0.248 e. The Morgan fingerprint density at radius 3 is 2.55 bits per heavy atom. The standard InChI is InChI=1S/C31H30BrN7O3/c1-16(40)28-22-10-19(20-13-33-17(2)34-14-20)6-8-23(22)38(37-28)15-27(41)39-24(11-31(3)12-25(31)39)30(42)36-29-21(18-4-5-18)7-9-26(32)35-29/h6-10,13-14,18,24-25H,4-5,11-12,15H2,1-3H3,(H,35,36,42)/t24-,25+,31?/m0/s1. The maximum atomic E-state index is 13.9. The topological polar surface area (TPSA) is 123 Å². The van der Waals surface area contributed by atoms with E-state index in [0.717, 1.165) is 36.0 Å². The number of benzene rings is 1. The molecule has 3 aliphatic rings. The lowest BCUT2D eigenvalue weighted by Gasteiger charge is -2.27. The second-order valence-electron chi connectivity index (χ2n) is 12.0. The fourth-order valence-corrected chi connectivity index (χ4v) is 6.63. The maximum Gasteiger partial charge on any atom is 0.248 e. The van der Waals surface area contributed by atoms with Crippen molar-refractivity contribution >= 4 is 50.2 Å². The number of halogens is 1. The first-order valence-electron chi connectivity index (χ1n) is 14.2. The quantitative estimate of drug-likeness (QED) is 0.224. The molecular weight excluding hydrogens is 598 g/mol. The molecule has 3 fully saturated rings. The van der Waals surface area contributed by atoms with Gasteiger partial charge in [-0.3, -0.25) is 19.1 Å². The molecule has 2 saturated carbocycles. The van der Waals surface area contributed by atoms with Gasteiger partial charge in [-0.2, -0.15) is 5.10 Å². The van der Waals surface area contributed by atoms with E-state index in [-0.39, 0.29) is 35.6 Å². The number of nitrogens with one attached hydrogen (secondary N) is 1. The molecule has 1 aliphatic heterocycles. The molecule has 3 atom stereocenters. The fraction of sp³-hybridized carbons (Fsp3) is 0.387. The fourth-order valence-electron chi connectivity index (χ4n) is 6.32. The van der Waals surface area contributed by atoms with E-state index >= 15 is 0 Å². The van der Waals surface area contributed by atoms with Crippen LogP contribution in [0.4, 0.5) is 5.82 Å². The molecule has 7 rings (SSSR count). The summed E-state index contributed by atoms with van der Waals surface area (Å²) in [6.07, 6.45) is 7.12. The van der Waals surface area contributed by atoms with Crippen LogP contribution in [0.5, 0.6) is 0 Å². The first-order valence-corrected chi connectivity index (χ1v) is 15.0.